The fourth-order valence-corrected chi connectivity index (χ4v) is 1.83. The highest BCUT2D eigenvalue weighted by atomic mass is 14.1. The molecule has 0 heterocycles. The quantitative estimate of drug-likeness (QED) is 0.494. The Balaban J connectivity index is 3.60. The van der Waals surface area contributed by atoms with Gasteiger partial charge in [-0.05, 0) is 24.7 Å². The molecule has 12 heavy (non-hydrogen) atoms. The summed E-state index contributed by atoms with van der Waals surface area (Å²) in [7, 11) is 0. The van der Waals surface area contributed by atoms with E-state index in [9.17, 15) is 0 Å². The van der Waals surface area contributed by atoms with Gasteiger partial charge in [0.25, 0.3) is 0 Å². The average molecular weight is 168 g/mol. The molecule has 0 spiro atoms. The van der Waals surface area contributed by atoms with Gasteiger partial charge in [-0.1, -0.05) is 46.1 Å². The van der Waals surface area contributed by atoms with Gasteiger partial charge in [-0.25, -0.2) is 0 Å². The maximum absolute atomic E-state index is 3.89. The number of rotatable bonds is 7. The third-order valence-corrected chi connectivity index (χ3v) is 2.48. The van der Waals surface area contributed by atoms with Crippen LogP contribution in [-0.4, -0.2) is 0 Å². The Labute approximate surface area is 78.1 Å². The number of hydrogen-bond acceptors (Lipinski definition) is 0. The first-order valence-electron chi connectivity index (χ1n) is 5.37. The van der Waals surface area contributed by atoms with E-state index < -0.39 is 0 Å². The summed E-state index contributed by atoms with van der Waals surface area (Å²) >= 11 is 0. The van der Waals surface area contributed by atoms with Crippen LogP contribution in [0, 0.1) is 11.8 Å². The summed E-state index contributed by atoms with van der Waals surface area (Å²) in [5.41, 5.74) is 0. The van der Waals surface area contributed by atoms with Gasteiger partial charge < -0.3 is 0 Å². The van der Waals surface area contributed by atoms with Crippen molar-refractivity contribution in [2.75, 3.05) is 0 Å². The van der Waals surface area contributed by atoms with Crippen molar-refractivity contribution in [3.63, 3.8) is 0 Å². The molecule has 0 aliphatic carbocycles. The third kappa shape index (κ3) is 5.40. The van der Waals surface area contributed by atoms with Crippen LogP contribution in [0.15, 0.2) is 12.7 Å². The Bertz CT molecular complexity index is 105. The van der Waals surface area contributed by atoms with Crippen LogP contribution in [0.4, 0.5) is 0 Å². The molecule has 72 valence electrons. The highest BCUT2D eigenvalue weighted by molar-refractivity contribution is 4.79. The van der Waals surface area contributed by atoms with Gasteiger partial charge in [0, 0.05) is 0 Å². The number of allylic oxidation sites excluding steroid dienone is 1. The van der Waals surface area contributed by atoms with Crippen LogP contribution in [-0.2, 0) is 0 Å². The van der Waals surface area contributed by atoms with Crippen molar-refractivity contribution >= 4 is 0 Å². The topological polar surface area (TPSA) is 0 Å². The van der Waals surface area contributed by atoms with Crippen molar-refractivity contribution in [1.29, 1.82) is 0 Å². The Morgan fingerprint density at radius 1 is 1.17 bits per heavy atom. The first kappa shape index (κ1) is 11.7. The zero-order chi connectivity index (χ0) is 9.40. The fraction of sp³-hybridized carbons (Fsp3) is 0.833. The lowest BCUT2D eigenvalue weighted by Gasteiger charge is -2.16. The van der Waals surface area contributed by atoms with E-state index in [0.29, 0.717) is 0 Å². The second-order valence-corrected chi connectivity index (χ2v) is 3.91. The minimum Gasteiger partial charge on any atom is -0.103 e. The van der Waals surface area contributed by atoms with E-state index in [1.54, 1.807) is 0 Å². The molecular weight excluding hydrogens is 144 g/mol. The summed E-state index contributed by atoms with van der Waals surface area (Å²) in [5.74, 6) is 1.64. The molecule has 0 aromatic rings. The van der Waals surface area contributed by atoms with E-state index in [2.05, 4.69) is 33.4 Å². The van der Waals surface area contributed by atoms with E-state index in [1.165, 1.54) is 32.1 Å². The Kier molecular flexibility index (Phi) is 7.23. The Morgan fingerprint density at radius 3 is 2.17 bits per heavy atom. The summed E-state index contributed by atoms with van der Waals surface area (Å²) in [6.07, 6.45) is 8.76. The van der Waals surface area contributed by atoms with Gasteiger partial charge in [0.05, 0.1) is 0 Å². The molecule has 0 N–H and O–H groups in total. The van der Waals surface area contributed by atoms with Gasteiger partial charge in [0.1, 0.15) is 0 Å². The van der Waals surface area contributed by atoms with Gasteiger partial charge in [-0.2, -0.15) is 0 Å². The first-order valence-corrected chi connectivity index (χ1v) is 5.37. The molecule has 0 fully saturated rings. The monoisotopic (exact) mass is 168 g/mol. The summed E-state index contributed by atoms with van der Waals surface area (Å²) < 4.78 is 0. The molecule has 0 radical (unpaired) electrons. The van der Waals surface area contributed by atoms with Crippen LogP contribution in [0.2, 0.25) is 0 Å². The van der Waals surface area contributed by atoms with Crippen LogP contribution in [0.3, 0.4) is 0 Å². The molecule has 0 nitrogen and oxygen atoms in total. The Hall–Kier alpha value is -0.260. The van der Waals surface area contributed by atoms with Crippen molar-refractivity contribution in [2.45, 2.75) is 52.9 Å². The smallest absolute Gasteiger partial charge is 0.0234 e. The van der Waals surface area contributed by atoms with Crippen molar-refractivity contribution in [3.8, 4) is 0 Å². The highest BCUT2D eigenvalue weighted by Crippen LogP contribution is 2.21. The molecule has 0 saturated carbocycles. The summed E-state index contributed by atoms with van der Waals surface area (Å²) in [4.78, 5) is 0. The van der Waals surface area contributed by atoms with Crippen LogP contribution in [0.5, 0.6) is 0 Å². The summed E-state index contributed by atoms with van der Waals surface area (Å²) in [6.45, 7) is 10.8. The molecule has 2 atom stereocenters. The predicted octanol–water partition coefficient (Wildman–Crippen LogP) is 4.42. The van der Waals surface area contributed by atoms with Crippen LogP contribution in [0.1, 0.15) is 52.9 Å². The molecule has 0 amide bonds. The van der Waals surface area contributed by atoms with Gasteiger partial charge in [-0.15, -0.1) is 6.58 Å². The third-order valence-electron chi connectivity index (χ3n) is 2.48. The van der Waals surface area contributed by atoms with E-state index in [4.69, 9.17) is 0 Å². The van der Waals surface area contributed by atoms with E-state index >= 15 is 0 Å². The van der Waals surface area contributed by atoms with Gasteiger partial charge in [0.2, 0.25) is 0 Å². The fourth-order valence-electron chi connectivity index (χ4n) is 1.83. The molecule has 0 saturated heterocycles. The van der Waals surface area contributed by atoms with Crippen molar-refractivity contribution in [2.24, 2.45) is 11.8 Å². The largest absolute Gasteiger partial charge is 0.103 e. The molecule has 2 unspecified atom stereocenters. The van der Waals surface area contributed by atoms with Crippen molar-refractivity contribution < 1.29 is 0 Å². The van der Waals surface area contributed by atoms with Crippen LogP contribution < -0.4 is 0 Å². The first-order chi connectivity index (χ1) is 5.74. The van der Waals surface area contributed by atoms with E-state index in [1.807, 2.05) is 0 Å². The lowest BCUT2D eigenvalue weighted by atomic mass is 9.90. The van der Waals surface area contributed by atoms with Gasteiger partial charge >= 0.3 is 0 Å². The van der Waals surface area contributed by atoms with Crippen LogP contribution in [0.25, 0.3) is 0 Å². The molecule has 0 aliphatic rings. The molecule has 0 heteroatoms. The zero-order valence-corrected chi connectivity index (χ0v) is 8.97. The summed E-state index contributed by atoms with van der Waals surface area (Å²) in [6, 6.07) is 0. The van der Waals surface area contributed by atoms with Crippen molar-refractivity contribution in [3.05, 3.63) is 12.7 Å². The van der Waals surface area contributed by atoms with Gasteiger partial charge in [0.15, 0.2) is 0 Å². The molecule has 0 aliphatic heterocycles. The van der Waals surface area contributed by atoms with Crippen LogP contribution >= 0.6 is 0 Å². The second-order valence-electron chi connectivity index (χ2n) is 3.91. The predicted molar refractivity (Wildman–Crippen MR) is 57.3 cm³/mol. The molecular formula is C12H24. The standard InChI is InChI=1S/C12H24/c1-5-8-11(4)10-12(7-3)9-6-2/h7,11-12H,3,5-6,8-10H2,1-2,4H3. The summed E-state index contributed by atoms with van der Waals surface area (Å²) in [5, 5.41) is 0. The molecule has 0 rings (SSSR count). The zero-order valence-electron chi connectivity index (χ0n) is 8.97. The molecule has 0 bridgehead atoms. The second kappa shape index (κ2) is 7.39. The minimum atomic E-state index is 0.761. The highest BCUT2D eigenvalue weighted by Gasteiger charge is 2.07. The van der Waals surface area contributed by atoms with E-state index in [-0.39, 0.29) is 0 Å². The van der Waals surface area contributed by atoms with Gasteiger partial charge in [-0.3, -0.25) is 0 Å². The lowest BCUT2D eigenvalue weighted by Crippen LogP contribution is -2.03. The average Bonchev–Trinajstić information content (AvgIpc) is 2.04. The Morgan fingerprint density at radius 2 is 1.75 bits per heavy atom. The molecule has 0 aromatic heterocycles. The maximum Gasteiger partial charge on any atom is -0.0234 e. The van der Waals surface area contributed by atoms with Crippen molar-refractivity contribution in [1.82, 2.24) is 0 Å². The van der Waals surface area contributed by atoms with E-state index in [0.717, 1.165) is 11.8 Å². The minimum absolute atomic E-state index is 0.761. The molecule has 0 aromatic carbocycles. The number of hydrogen-bond donors (Lipinski definition) is 0. The SMILES string of the molecule is C=CC(CCC)CC(C)CCC. The normalized spacial score (nSPS) is 15.6. The maximum atomic E-state index is 3.89. The lowest BCUT2D eigenvalue weighted by molar-refractivity contribution is 0.400.